The Bertz CT molecular complexity index is 654. The van der Waals surface area contributed by atoms with Gasteiger partial charge in [0.1, 0.15) is 0 Å². The van der Waals surface area contributed by atoms with Crippen LogP contribution in [0.5, 0.6) is 0 Å². The molecule has 0 unspecified atom stereocenters. The van der Waals surface area contributed by atoms with Crippen LogP contribution in [0.25, 0.3) is 0 Å². The minimum Gasteiger partial charge on any atom is -0.360 e. The fourth-order valence-electron chi connectivity index (χ4n) is 1.48. The normalized spacial score (nSPS) is 10.2. The SMILES string of the molecule is O=c1[nH]cnc(NCc2ccc(Cl)cc2)c1[N+](=O)[O-]. The first-order valence-corrected chi connectivity index (χ1v) is 5.66. The van der Waals surface area contributed by atoms with Gasteiger partial charge in [-0.2, -0.15) is 0 Å². The lowest BCUT2D eigenvalue weighted by atomic mass is 10.2. The summed E-state index contributed by atoms with van der Waals surface area (Å²) >= 11 is 5.75. The highest BCUT2D eigenvalue weighted by molar-refractivity contribution is 6.30. The molecule has 8 heteroatoms. The van der Waals surface area contributed by atoms with Crippen LogP contribution in [0.15, 0.2) is 35.4 Å². The molecule has 2 N–H and O–H groups in total. The van der Waals surface area contributed by atoms with Crippen molar-refractivity contribution in [2.75, 3.05) is 5.32 Å². The topological polar surface area (TPSA) is 101 Å². The molecule has 1 aromatic heterocycles. The second-order valence-corrected chi connectivity index (χ2v) is 4.10. The van der Waals surface area contributed by atoms with Gasteiger partial charge in [0.25, 0.3) is 0 Å². The van der Waals surface area contributed by atoms with Gasteiger partial charge in [-0.3, -0.25) is 14.9 Å². The fourth-order valence-corrected chi connectivity index (χ4v) is 1.61. The van der Waals surface area contributed by atoms with Crippen LogP contribution in [-0.2, 0) is 6.54 Å². The van der Waals surface area contributed by atoms with Crippen molar-refractivity contribution < 1.29 is 4.92 Å². The zero-order valence-corrected chi connectivity index (χ0v) is 10.3. The van der Waals surface area contributed by atoms with E-state index in [1.54, 1.807) is 24.3 Å². The minimum atomic E-state index is -0.793. The van der Waals surface area contributed by atoms with Gasteiger partial charge in [0.2, 0.25) is 5.82 Å². The first-order valence-electron chi connectivity index (χ1n) is 5.28. The molecule has 0 bridgehead atoms. The molecule has 2 rings (SSSR count). The zero-order valence-electron chi connectivity index (χ0n) is 9.59. The number of aromatic nitrogens is 2. The van der Waals surface area contributed by atoms with E-state index in [0.717, 1.165) is 11.9 Å². The van der Waals surface area contributed by atoms with Gasteiger partial charge in [-0.15, -0.1) is 0 Å². The number of nitrogens with zero attached hydrogens (tertiary/aromatic N) is 2. The van der Waals surface area contributed by atoms with E-state index in [1.807, 2.05) is 0 Å². The molecule has 0 atom stereocenters. The van der Waals surface area contributed by atoms with Crippen molar-refractivity contribution in [3.63, 3.8) is 0 Å². The van der Waals surface area contributed by atoms with Gasteiger partial charge in [-0.25, -0.2) is 4.98 Å². The van der Waals surface area contributed by atoms with E-state index in [2.05, 4.69) is 15.3 Å². The molecule has 98 valence electrons. The highest BCUT2D eigenvalue weighted by Gasteiger charge is 2.19. The van der Waals surface area contributed by atoms with Crippen molar-refractivity contribution in [1.29, 1.82) is 0 Å². The molecule has 0 aliphatic carbocycles. The average molecular weight is 281 g/mol. The standard InChI is InChI=1S/C11H9ClN4O3/c12-8-3-1-7(2-4-8)5-13-10-9(16(18)19)11(17)15-6-14-10/h1-4,6H,5H2,(H2,13,14,15,17). The van der Waals surface area contributed by atoms with Crippen LogP contribution >= 0.6 is 11.6 Å². The highest BCUT2D eigenvalue weighted by atomic mass is 35.5. The van der Waals surface area contributed by atoms with Crippen LogP contribution in [0.3, 0.4) is 0 Å². The molecule has 0 amide bonds. The Morgan fingerprint density at radius 2 is 2.05 bits per heavy atom. The summed E-state index contributed by atoms with van der Waals surface area (Å²) < 4.78 is 0. The summed E-state index contributed by atoms with van der Waals surface area (Å²) in [5, 5.41) is 14.1. The molecule has 1 heterocycles. The molecule has 1 aromatic carbocycles. The lowest BCUT2D eigenvalue weighted by Gasteiger charge is -2.05. The average Bonchev–Trinajstić information content (AvgIpc) is 2.37. The second-order valence-electron chi connectivity index (χ2n) is 3.67. The lowest BCUT2D eigenvalue weighted by molar-refractivity contribution is -0.385. The van der Waals surface area contributed by atoms with Crippen LogP contribution in [0.1, 0.15) is 5.56 Å². The number of aromatic amines is 1. The van der Waals surface area contributed by atoms with Gasteiger partial charge in [0.15, 0.2) is 0 Å². The van der Waals surface area contributed by atoms with Crippen LogP contribution in [-0.4, -0.2) is 14.9 Å². The minimum absolute atomic E-state index is 0.0660. The number of hydrogen-bond acceptors (Lipinski definition) is 5. The molecule has 2 aromatic rings. The lowest BCUT2D eigenvalue weighted by Crippen LogP contribution is -2.16. The molecule has 0 radical (unpaired) electrons. The Hall–Kier alpha value is -2.41. The molecule has 0 spiro atoms. The van der Waals surface area contributed by atoms with Crippen LogP contribution in [0, 0.1) is 10.1 Å². The van der Waals surface area contributed by atoms with Crippen LogP contribution in [0.2, 0.25) is 5.02 Å². The van der Waals surface area contributed by atoms with Gasteiger partial charge in [-0.05, 0) is 17.7 Å². The van der Waals surface area contributed by atoms with Gasteiger partial charge in [-0.1, -0.05) is 23.7 Å². The summed E-state index contributed by atoms with van der Waals surface area (Å²) in [5.41, 5.74) is -0.532. The fraction of sp³-hybridized carbons (Fsp3) is 0.0909. The van der Waals surface area contributed by atoms with Crippen LogP contribution in [0.4, 0.5) is 11.5 Å². The molecule has 0 fully saturated rings. The number of rotatable bonds is 4. The van der Waals surface area contributed by atoms with Crippen molar-refractivity contribution in [3.05, 3.63) is 61.6 Å². The van der Waals surface area contributed by atoms with Gasteiger partial charge < -0.3 is 10.3 Å². The van der Waals surface area contributed by atoms with E-state index < -0.39 is 16.2 Å². The maximum atomic E-state index is 11.3. The summed E-state index contributed by atoms with van der Waals surface area (Å²) in [6, 6.07) is 6.96. The maximum Gasteiger partial charge on any atom is 0.375 e. The van der Waals surface area contributed by atoms with Crippen molar-refractivity contribution >= 4 is 23.1 Å². The number of hydrogen-bond donors (Lipinski definition) is 2. The number of halogens is 1. The van der Waals surface area contributed by atoms with Gasteiger partial charge in [0, 0.05) is 11.6 Å². The number of nitro groups is 1. The van der Waals surface area contributed by atoms with E-state index in [4.69, 9.17) is 11.6 Å². The third kappa shape index (κ3) is 3.08. The molecular formula is C11H9ClN4O3. The molecule has 19 heavy (non-hydrogen) atoms. The number of benzene rings is 1. The molecule has 0 aliphatic rings. The summed E-state index contributed by atoms with van der Waals surface area (Å²) in [6.07, 6.45) is 1.11. The van der Waals surface area contributed by atoms with Gasteiger partial charge >= 0.3 is 11.2 Å². The number of nitrogens with one attached hydrogen (secondary N) is 2. The Morgan fingerprint density at radius 3 is 2.68 bits per heavy atom. The van der Waals surface area contributed by atoms with Crippen molar-refractivity contribution in [2.24, 2.45) is 0 Å². The first kappa shape index (κ1) is 13.0. The van der Waals surface area contributed by atoms with Crippen LogP contribution < -0.4 is 10.9 Å². The quantitative estimate of drug-likeness (QED) is 0.658. The van der Waals surface area contributed by atoms with Crippen molar-refractivity contribution in [3.8, 4) is 0 Å². The molecule has 0 saturated carbocycles. The van der Waals surface area contributed by atoms with Crippen molar-refractivity contribution in [1.82, 2.24) is 9.97 Å². The smallest absolute Gasteiger partial charge is 0.360 e. The van der Waals surface area contributed by atoms with E-state index in [1.165, 1.54) is 0 Å². The van der Waals surface area contributed by atoms with E-state index in [-0.39, 0.29) is 5.82 Å². The summed E-state index contributed by atoms with van der Waals surface area (Å²) in [6.45, 7) is 0.300. The Morgan fingerprint density at radius 1 is 1.37 bits per heavy atom. The largest absolute Gasteiger partial charge is 0.375 e. The summed E-state index contributed by atoms with van der Waals surface area (Å²) in [7, 11) is 0. The first-order chi connectivity index (χ1) is 9.08. The Labute approximate surface area is 112 Å². The predicted molar refractivity (Wildman–Crippen MR) is 70.3 cm³/mol. The van der Waals surface area contributed by atoms with Gasteiger partial charge in [0.05, 0.1) is 11.3 Å². The Kier molecular flexibility index (Phi) is 3.76. The third-order valence-corrected chi connectivity index (χ3v) is 2.64. The second kappa shape index (κ2) is 5.49. The monoisotopic (exact) mass is 280 g/mol. The Balaban J connectivity index is 2.20. The van der Waals surface area contributed by atoms with E-state index in [9.17, 15) is 14.9 Å². The molecule has 0 aliphatic heterocycles. The molecular weight excluding hydrogens is 272 g/mol. The molecule has 0 saturated heterocycles. The maximum absolute atomic E-state index is 11.3. The van der Waals surface area contributed by atoms with Crippen molar-refractivity contribution in [2.45, 2.75) is 6.54 Å². The van der Waals surface area contributed by atoms with E-state index >= 15 is 0 Å². The summed E-state index contributed by atoms with van der Waals surface area (Å²) in [5.74, 6) is -0.0660. The molecule has 7 nitrogen and oxygen atoms in total. The van der Waals surface area contributed by atoms with E-state index in [0.29, 0.717) is 11.6 Å². The highest BCUT2D eigenvalue weighted by Crippen LogP contribution is 2.16. The number of H-pyrrole nitrogens is 1. The zero-order chi connectivity index (χ0) is 13.8. The summed E-state index contributed by atoms with van der Waals surface area (Å²) in [4.78, 5) is 27.3. The predicted octanol–water partition coefficient (Wildman–Crippen LogP) is 1.94. The number of anilines is 1. The third-order valence-electron chi connectivity index (χ3n) is 2.38.